The van der Waals surface area contributed by atoms with Crippen LogP contribution < -0.4 is 0 Å². The van der Waals surface area contributed by atoms with Crippen molar-refractivity contribution in [2.45, 2.75) is 47.1 Å². The van der Waals surface area contributed by atoms with Crippen molar-refractivity contribution in [3.05, 3.63) is 0 Å². The molecule has 0 radical (unpaired) electrons. The van der Waals surface area contributed by atoms with Crippen LogP contribution in [0.25, 0.3) is 0 Å². The summed E-state index contributed by atoms with van der Waals surface area (Å²) in [7, 11) is 2.65. The summed E-state index contributed by atoms with van der Waals surface area (Å²) in [5.41, 5.74) is -0.773. The maximum absolute atomic E-state index is 10.5. The highest BCUT2D eigenvalue weighted by Gasteiger charge is 2.47. The third kappa shape index (κ3) is 2.00. The average Bonchev–Trinajstić information content (AvgIpc) is 1.81. The molecule has 1 N–H and O–H groups in total. The van der Waals surface area contributed by atoms with Crippen LogP contribution in [0.15, 0.2) is 0 Å². The molecule has 0 aliphatic heterocycles. The van der Waals surface area contributed by atoms with Crippen LogP contribution in [-0.2, 0) is 0 Å². The summed E-state index contributed by atoms with van der Waals surface area (Å²) in [6.45, 7) is 12.5. The van der Waals surface area contributed by atoms with E-state index in [1.54, 1.807) is 0 Å². The van der Waals surface area contributed by atoms with E-state index in [1.165, 1.54) is 0 Å². The minimum atomic E-state index is -0.620. The Bertz CT molecular complexity index is 136. The van der Waals surface area contributed by atoms with Gasteiger partial charge in [0.15, 0.2) is 0 Å². The van der Waals surface area contributed by atoms with Gasteiger partial charge in [-0.25, -0.2) is 0 Å². The molecule has 74 valence electrons. The van der Waals surface area contributed by atoms with E-state index in [9.17, 15) is 5.11 Å². The fourth-order valence-corrected chi connectivity index (χ4v) is 2.96. The Hall–Kier alpha value is 0.390. The van der Waals surface area contributed by atoms with Gasteiger partial charge in [0, 0.05) is 0 Å². The van der Waals surface area contributed by atoms with Crippen molar-refractivity contribution in [1.82, 2.24) is 0 Å². The van der Waals surface area contributed by atoms with Gasteiger partial charge in [-0.2, -0.15) is 0 Å². The van der Waals surface area contributed by atoms with Crippen molar-refractivity contribution in [1.29, 1.82) is 0 Å². The van der Waals surface area contributed by atoms with Gasteiger partial charge in [-0.1, -0.05) is 41.5 Å². The van der Waals surface area contributed by atoms with Crippen LogP contribution in [0, 0.1) is 10.8 Å². The van der Waals surface area contributed by atoms with Gasteiger partial charge in [-0.3, -0.25) is 0 Å². The summed E-state index contributed by atoms with van der Waals surface area (Å²) in [6, 6.07) is 0. The normalized spacial score (nSPS) is 15.0. The molecule has 0 aromatic rings. The first-order valence-corrected chi connectivity index (χ1v) is 5.30. The molecule has 12 heavy (non-hydrogen) atoms. The molecule has 0 aromatic heterocycles. The molecule has 0 heterocycles. The lowest BCUT2D eigenvalue weighted by atomic mass is 9.63. The highest BCUT2D eigenvalue weighted by Crippen LogP contribution is 2.44. The zero-order valence-electron chi connectivity index (χ0n) is 9.23. The van der Waals surface area contributed by atoms with E-state index in [2.05, 4.69) is 50.8 Å². The van der Waals surface area contributed by atoms with Gasteiger partial charge in [-0.05, 0) is 17.0 Å². The maximum Gasteiger partial charge on any atom is 0.0777 e. The van der Waals surface area contributed by atoms with Crippen LogP contribution in [0.4, 0.5) is 0 Å². The lowest BCUT2D eigenvalue weighted by Gasteiger charge is -2.49. The van der Waals surface area contributed by atoms with Crippen molar-refractivity contribution in [2.24, 2.45) is 10.8 Å². The van der Waals surface area contributed by atoms with Crippen LogP contribution in [0.2, 0.25) is 0 Å². The summed E-state index contributed by atoms with van der Waals surface area (Å²) in [4.78, 5) is 0. The van der Waals surface area contributed by atoms with Gasteiger partial charge in [-0.15, -0.1) is 9.24 Å². The third-order valence-corrected chi connectivity index (χ3v) is 3.37. The molecule has 0 aliphatic carbocycles. The van der Waals surface area contributed by atoms with Crippen LogP contribution in [-0.4, -0.2) is 16.9 Å². The summed E-state index contributed by atoms with van der Waals surface area (Å²) >= 11 is 0. The Balaban J connectivity index is 4.95. The van der Waals surface area contributed by atoms with Crippen LogP contribution >= 0.6 is 9.24 Å². The van der Waals surface area contributed by atoms with E-state index in [1.807, 2.05) is 0 Å². The molecule has 1 atom stereocenters. The van der Waals surface area contributed by atoms with E-state index in [4.69, 9.17) is 0 Å². The summed E-state index contributed by atoms with van der Waals surface area (Å²) in [5.74, 6) is 0. The molecule has 2 heteroatoms. The van der Waals surface area contributed by atoms with Crippen molar-refractivity contribution in [3.8, 4) is 0 Å². The lowest BCUT2D eigenvalue weighted by Crippen LogP contribution is -2.54. The Morgan fingerprint density at radius 3 is 1.17 bits per heavy atom. The molecule has 1 nitrogen and oxygen atoms in total. The number of hydrogen-bond acceptors (Lipinski definition) is 1. The van der Waals surface area contributed by atoms with Gasteiger partial charge >= 0.3 is 0 Å². The minimum Gasteiger partial charge on any atom is -0.388 e. The molecule has 0 fully saturated rings. The predicted octanol–water partition coefficient (Wildman–Crippen LogP) is 2.68. The second kappa shape index (κ2) is 3.27. The molecule has 0 aromatic carbocycles. The standard InChI is InChI=1S/C10H23OP/c1-8(2,3)10(11,7-12)9(4,5)6/h11H,7,12H2,1-6H3. The zero-order valence-corrected chi connectivity index (χ0v) is 10.4. The first-order chi connectivity index (χ1) is 5.06. The molecule has 0 amide bonds. The molecule has 0 spiro atoms. The summed E-state index contributed by atoms with van der Waals surface area (Å²) in [6.07, 6.45) is 0.722. The van der Waals surface area contributed by atoms with E-state index in [-0.39, 0.29) is 10.8 Å². The Kier molecular flexibility index (Phi) is 3.38. The van der Waals surface area contributed by atoms with Gasteiger partial charge in [0.1, 0.15) is 0 Å². The first-order valence-electron chi connectivity index (χ1n) is 4.49. The molecular weight excluding hydrogens is 167 g/mol. The Morgan fingerprint density at radius 2 is 1.17 bits per heavy atom. The second-order valence-electron chi connectivity index (χ2n) is 5.56. The molecule has 0 saturated carbocycles. The fraction of sp³-hybridized carbons (Fsp3) is 1.00. The zero-order chi connectivity index (χ0) is 10.2. The van der Waals surface area contributed by atoms with Gasteiger partial charge in [0.25, 0.3) is 0 Å². The lowest BCUT2D eigenvalue weighted by molar-refractivity contribution is -0.117. The average molecular weight is 190 g/mol. The van der Waals surface area contributed by atoms with Crippen molar-refractivity contribution < 1.29 is 5.11 Å². The summed E-state index contributed by atoms with van der Waals surface area (Å²) in [5, 5.41) is 10.5. The van der Waals surface area contributed by atoms with Gasteiger partial charge < -0.3 is 5.11 Å². The molecule has 1 unspecified atom stereocenters. The molecular formula is C10H23OP. The predicted molar refractivity (Wildman–Crippen MR) is 58.4 cm³/mol. The first kappa shape index (κ1) is 12.4. The number of aliphatic hydroxyl groups is 1. The van der Waals surface area contributed by atoms with Crippen molar-refractivity contribution >= 4 is 9.24 Å². The smallest absolute Gasteiger partial charge is 0.0777 e. The Labute approximate surface area is 79.1 Å². The highest BCUT2D eigenvalue weighted by atomic mass is 31.0. The maximum atomic E-state index is 10.5. The second-order valence-corrected chi connectivity index (χ2v) is 5.97. The molecule has 0 bridgehead atoms. The van der Waals surface area contributed by atoms with Crippen LogP contribution in [0.3, 0.4) is 0 Å². The topological polar surface area (TPSA) is 20.2 Å². The van der Waals surface area contributed by atoms with Gasteiger partial charge in [0.2, 0.25) is 0 Å². The van der Waals surface area contributed by atoms with Crippen molar-refractivity contribution in [3.63, 3.8) is 0 Å². The minimum absolute atomic E-state index is 0.0764. The number of rotatable bonds is 1. The fourth-order valence-electron chi connectivity index (χ4n) is 1.74. The van der Waals surface area contributed by atoms with Crippen LogP contribution in [0.5, 0.6) is 0 Å². The van der Waals surface area contributed by atoms with Gasteiger partial charge in [0.05, 0.1) is 5.60 Å². The van der Waals surface area contributed by atoms with Crippen LogP contribution in [0.1, 0.15) is 41.5 Å². The monoisotopic (exact) mass is 190 g/mol. The van der Waals surface area contributed by atoms with Crippen molar-refractivity contribution in [2.75, 3.05) is 6.16 Å². The summed E-state index contributed by atoms with van der Waals surface area (Å²) < 4.78 is 0. The van der Waals surface area contributed by atoms with E-state index in [0.717, 1.165) is 6.16 Å². The van der Waals surface area contributed by atoms with E-state index in [0.29, 0.717) is 0 Å². The molecule has 0 rings (SSSR count). The third-order valence-electron chi connectivity index (χ3n) is 2.78. The van der Waals surface area contributed by atoms with E-state index < -0.39 is 5.60 Å². The SMILES string of the molecule is CC(C)(C)C(O)(CP)C(C)(C)C. The molecule has 0 aliphatic rings. The number of hydrogen-bond donors (Lipinski definition) is 1. The molecule has 0 saturated heterocycles. The largest absolute Gasteiger partial charge is 0.388 e. The van der Waals surface area contributed by atoms with E-state index >= 15 is 0 Å². The quantitative estimate of drug-likeness (QED) is 0.630. The Morgan fingerprint density at radius 1 is 0.917 bits per heavy atom. The highest BCUT2D eigenvalue weighted by molar-refractivity contribution is 7.16.